The Morgan fingerprint density at radius 1 is 1.25 bits per heavy atom. The van der Waals surface area contributed by atoms with Crippen molar-refractivity contribution in [2.75, 3.05) is 26.2 Å². The number of likely N-dealkylation sites (tertiary alicyclic amines) is 1. The molecule has 4 heteroatoms. The van der Waals surface area contributed by atoms with Crippen LogP contribution in [0.25, 0.3) is 0 Å². The van der Waals surface area contributed by atoms with Gasteiger partial charge in [-0.15, -0.1) is 0 Å². The number of nitrogens with zero attached hydrogens (tertiary/aromatic N) is 3. The summed E-state index contributed by atoms with van der Waals surface area (Å²) in [6.45, 7) is 5.58. The van der Waals surface area contributed by atoms with E-state index in [-0.39, 0.29) is 0 Å². The molecule has 0 atom stereocenters. The van der Waals surface area contributed by atoms with E-state index in [0.29, 0.717) is 6.54 Å². The molecule has 0 saturated carbocycles. The SMILES string of the molecule is NCCc1cn(CCCN2CCCC2)cn1. The zero-order valence-electron chi connectivity index (χ0n) is 9.94. The monoisotopic (exact) mass is 222 g/mol. The number of aromatic nitrogens is 2. The van der Waals surface area contributed by atoms with E-state index in [1.807, 2.05) is 6.33 Å². The van der Waals surface area contributed by atoms with Gasteiger partial charge in [0.15, 0.2) is 0 Å². The second-order valence-corrected chi connectivity index (χ2v) is 4.54. The van der Waals surface area contributed by atoms with Gasteiger partial charge in [0.05, 0.1) is 12.0 Å². The highest BCUT2D eigenvalue weighted by atomic mass is 15.1. The van der Waals surface area contributed by atoms with Gasteiger partial charge in [0.2, 0.25) is 0 Å². The predicted molar refractivity (Wildman–Crippen MR) is 65.3 cm³/mol. The molecule has 1 aromatic rings. The number of hydrogen-bond acceptors (Lipinski definition) is 3. The summed E-state index contributed by atoms with van der Waals surface area (Å²) in [6.07, 6.45) is 8.92. The highest BCUT2D eigenvalue weighted by molar-refractivity contribution is 4.96. The van der Waals surface area contributed by atoms with E-state index in [2.05, 4.69) is 20.6 Å². The van der Waals surface area contributed by atoms with E-state index in [9.17, 15) is 0 Å². The minimum absolute atomic E-state index is 0.685. The van der Waals surface area contributed by atoms with Crippen LogP contribution >= 0.6 is 0 Å². The number of imidazole rings is 1. The molecule has 2 rings (SSSR count). The summed E-state index contributed by atoms with van der Waals surface area (Å²) in [4.78, 5) is 6.88. The summed E-state index contributed by atoms with van der Waals surface area (Å²) >= 11 is 0. The van der Waals surface area contributed by atoms with Gasteiger partial charge in [-0.25, -0.2) is 4.98 Å². The van der Waals surface area contributed by atoms with Crippen molar-refractivity contribution in [3.05, 3.63) is 18.2 Å². The van der Waals surface area contributed by atoms with E-state index in [1.165, 1.54) is 38.9 Å². The second-order valence-electron chi connectivity index (χ2n) is 4.54. The molecule has 4 nitrogen and oxygen atoms in total. The molecule has 0 aromatic carbocycles. The molecule has 1 aliphatic rings. The summed E-state index contributed by atoms with van der Waals surface area (Å²) in [5, 5.41) is 0. The molecule has 0 aliphatic carbocycles. The van der Waals surface area contributed by atoms with Crippen LogP contribution < -0.4 is 5.73 Å². The Balaban J connectivity index is 1.67. The van der Waals surface area contributed by atoms with Crippen LogP contribution in [0.1, 0.15) is 25.0 Å². The standard InChI is InChI=1S/C12H22N4/c13-5-4-12-10-16(11-14-12)9-3-8-15-6-1-2-7-15/h10-11H,1-9,13H2. The van der Waals surface area contributed by atoms with Crippen LogP contribution in [0, 0.1) is 0 Å². The maximum atomic E-state index is 5.50. The maximum absolute atomic E-state index is 5.50. The molecule has 1 fully saturated rings. The normalized spacial score (nSPS) is 17.1. The van der Waals surface area contributed by atoms with Gasteiger partial charge < -0.3 is 15.2 Å². The Kier molecular flexibility index (Phi) is 4.36. The van der Waals surface area contributed by atoms with Crippen LogP contribution in [0.4, 0.5) is 0 Å². The second kappa shape index (κ2) is 6.01. The highest BCUT2D eigenvalue weighted by Gasteiger charge is 2.10. The molecule has 16 heavy (non-hydrogen) atoms. The van der Waals surface area contributed by atoms with E-state index < -0.39 is 0 Å². The van der Waals surface area contributed by atoms with Crippen molar-refractivity contribution in [2.45, 2.75) is 32.2 Å². The molecule has 90 valence electrons. The molecule has 0 bridgehead atoms. The van der Waals surface area contributed by atoms with Crippen LogP contribution in [0.15, 0.2) is 12.5 Å². The zero-order chi connectivity index (χ0) is 11.2. The third-order valence-electron chi connectivity index (χ3n) is 3.18. The summed E-state index contributed by atoms with van der Waals surface area (Å²) in [5.41, 5.74) is 6.61. The van der Waals surface area contributed by atoms with Crippen molar-refractivity contribution in [1.29, 1.82) is 0 Å². The molecule has 1 aliphatic heterocycles. The molecular formula is C12H22N4. The van der Waals surface area contributed by atoms with Crippen LogP contribution in [0.3, 0.4) is 0 Å². The third kappa shape index (κ3) is 3.32. The average Bonchev–Trinajstić information content (AvgIpc) is 2.90. The molecule has 0 spiro atoms. The van der Waals surface area contributed by atoms with Gasteiger partial charge in [-0.05, 0) is 45.4 Å². The Morgan fingerprint density at radius 3 is 2.81 bits per heavy atom. The van der Waals surface area contributed by atoms with Crippen LogP contribution in [0.5, 0.6) is 0 Å². The molecule has 2 N–H and O–H groups in total. The highest BCUT2D eigenvalue weighted by Crippen LogP contribution is 2.08. The van der Waals surface area contributed by atoms with Crippen molar-refractivity contribution in [1.82, 2.24) is 14.5 Å². The lowest BCUT2D eigenvalue weighted by Gasteiger charge is -2.13. The lowest BCUT2D eigenvalue weighted by Crippen LogP contribution is -2.21. The van der Waals surface area contributed by atoms with Crippen LogP contribution in [-0.4, -0.2) is 40.6 Å². The number of rotatable bonds is 6. The average molecular weight is 222 g/mol. The smallest absolute Gasteiger partial charge is 0.0949 e. The molecule has 0 radical (unpaired) electrons. The fraction of sp³-hybridized carbons (Fsp3) is 0.750. The Morgan fingerprint density at radius 2 is 2.06 bits per heavy atom. The van der Waals surface area contributed by atoms with Crippen LogP contribution in [0.2, 0.25) is 0 Å². The van der Waals surface area contributed by atoms with Crippen molar-refractivity contribution in [3.8, 4) is 0 Å². The minimum atomic E-state index is 0.685. The molecule has 0 amide bonds. The van der Waals surface area contributed by atoms with Gasteiger partial charge in [-0.2, -0.15) is 0 Å². The lowest BCUT2D eigenvalue weighted by atomic mass is 10.3. The summed E-state index contributed by atoms with van der Waals surface area (Å²) < 4.78 is 2.18. The summed E-state index contributed by atoms with van der Waals surface area (Å²) in [5.74, 6) is 0. The number of aryl methyl sites for hydroxylation is 1. The van der Waals surface area contributed by atoms with Crippen LogP contribution in [-0.2, 0) is 13.0 Å². The molecule has 2 heterocycles. The topological polar surface area (TPSA) is 47.1 Å². The van der Waals surface area contributed by atoms with Gasteiger partial charge in [-0.3, -0.25) is 0 Å². The molecular weight excluding hydrogens is 200 g/mol. The Hall–Kier alpha value is -0.870. The van der Waals surface area contributed by atoms with Crippen molar-refractivity contribution < 1.29 is 0 Å². The minimum Gasteiger partial charge on any atom is -0.337 e. The Labute approximate surface area is 97.4 Å². The lowest BCUT2D eigenvalue weighted by molar-refractivity contribution is 0.325. The maximum Gasteiger partial charge on any atom is 0.0949 e. The van der Waals surface area contributed by atoms with Gasteiger partial charge >= 0.3 is 0 Å². The molecule has 0 unspecified atom stereocenters. The fourth-order valence-electron chi connectivity index (χ4n) is 2.29. The largest absolute Gasteiger partial charge is 0.337 e. The van der Waals surface area contributed by atoms with Gasteiger partial charge in [0.25, 0.3) is 0 Å². The van der Waals surface area contributed by atoms with E-state index >= 15 is 0 Å². The van der Waals surface area contributed by atoms with E-state index in [4.69, 9.17) is 5.73 Å². The third-order valence-corrected chi connectivity index (χ3v) is 3.18. The molecule has 1 aromatic heterocycles. The summed E-state index contributed by atoms with van der Waals surface area (Å²) in [7, 11) is 0. The first kappa shape index (κ1) is 11.6. The first-order valence-electron chi connectivity index (χ1n) is 6.31. The first-order valence-corrected chi connectivity index (χ1v) is 6.31. The van der Waals surface area contributed by atoms with E-state index in [0.717, 1.165) is 18.7 Å². The first-order chi connectivity index (χ1) is 7.88. The van der Waals surface area contributed by atoms with Crippen molar-refractivity contribution in [2.24, 2.45) is 5.73 Å². The van der Waals surface area contributed by atoms with Crippen molar-refractivity contribution in [3.63, 3.8) is 0 Å². The fourth-order valence-corrected chi connectivity index (χ4v) is 2.29. The Bertz CT molecular complexity index is 302. The zero-order valence-corrected chi connectivity index (χ0v) is 9.94. The van der Waals surface area contributed by atoms with Gasteiger partial charge in [-0.1, -0.05) is 0 Å². The van der Waals surface area contributed by atoms with E-state index in [1.54, 1.807) is 0 Å². The summed E-state index contributed by atoms with van der Waals surface area (Å²) in [6, 6.07) is 0. The number of hydrogen-bond donors (Lipinski definition) is 1. The van der Waals surface area contributed by atoms with Gasteiger partial charge in [0.1, 0.15) is 0 Å². The van der Waals surface area contributed by atoms with Crippen molar-refractivity contribution >= 4 is 0 Å². The molecule has 1 saturated heterocycles. The van der Waals surface area contributed by atoms with Gasteiger partial charge in [0, 0.05) is 19.2 Å². The number of nitrogens with two attached hydrogens (primary N) is 1. The quantitative estimate of drug-likeness (QED) is 0.777. The predicted octanol–water partition coefficient (Wildman–Crippen LogP) is 0.870.